The van der Waals surface area contributed by atoms with Crippen molar-refractivity contribution in [3.05, 3.63) is 94.1 Å². The lowest BCUT2D eigenvalue weighted by Crippen LogP contribution is -2.29. The van der Waals surface area contributed by atoms with E-state index in [1.54, 1.807) is 42.0 Å². The number of esters is 1. The van der Waals surface area contributed by atoms with Gasteiger partial charge in [0.25, 0.3) is 5.91 Å². The summed E-state index contributed by atoms with van der Waals surface area (Å²) in [5, 5.41) is 4.22. The molecular weight excluding hydrogens is 674 g/mol. The quantitative estimate of drug-likeness (QED) is 0.0970. The van der Waals surface area contributed by atoms with Crippen LogP contribution in [0.1, 0.15) is 59.8 Å². The molecule has 1 aromatic heterocycles. The molecule has 11 heteroatoms. The molecule has 5 rings (SSSR count). The lowest BCUT2D eigenvalue weighted by Gasteiger charge is -2.26. The predicted molar refractivity (Wildman–Crippen MR) is 200 cm³/mol. The minimum absolute atomic E-state index is 0.0172. The van der Waals surface area contributed by atoms with Crippen LogP contribution in [-0.2, 0) is 27.3 Å². The third-order valence-electron chi connectivity index (χ3n) is 8.74. The summed E-state index contributed by atoms with van der Waals surface area (Å²) in [7, 11) is 1.57. The topological polar surface area (TPSA) is 99.1 Å². The Morgan fingerprint density at radius 3 is 2.52 bits per heavy atom. The van der Waals surface area contributed by atoms with Crippen molar-refractivity contribution in [2.24, 2.45) is 0 Å². The van der Waals surface area contributed by atoms with Crippen LogP contribution in [0.15, 0.2) is 66.7 Å². The molecule has 0 spiro atoms. The fourth-order valence-corrected chi connectivity index (χ4v) is 7.14. The van der Waals surface area contributed by atoms with Gasteiger partial charge in [-0.2, -0.15) is 0 Å². The zero-order chi connectivity index (χ0) is 35.5. The maximum Gasteiger partial charge on any atom is 0.310 e. The van der Waals surface area contributed by atoms with E-state index in [1.165, 1.54) is 36.6 Å². The van der Waals surface area contributed by atoms with Gasteiger partial charge in [-0.15, -0.1) is 11.8 Å². The highest BCUT2D eigenvalue weighted by Crippen LogP contribution is 2.31. The number of likely N-dealkylation sites (tertiary alicyclic amines) is 1. The van der Waals surface area contributed by atoms with Crippen molar-refractivity contribution < 1.29 is 28.6 Å². The largest absolute Gasteiger partial charge is 0.497 e. The molecule has 50 heavy (non-hydrogen) atoms. The van der Waals surface area contributed by atoms with Crippen molar-refractivity contribution >= 4 is 52.0 Å². The number of aromatic nitrogens is 1. The zero-order valence-corrected chi connectivity index (χ0v) is 30.6. The summed E-state index contributed by atoms with van der Waals surface area (Å²) in [5.41, 5.74) is 3.76. The second kappa shape index (κ2) is 18.3. The fourth-order valence-electron chi connectivity index (χ4n) is 6.21. The Kier molecular flexibility index (Phi) is 13.6. The smallest absolute Gasteiger partial charge is 0.310 e. The zero-order valence-electron chi connectivity index (χ0n) is 29.0. The molecule has 1 fully saturated rings. The Bertz CT molecular complexity index is 1770. The van der Waals surface area contributed by atoms with Crippen LogP contribution in [-0.4, -0.2) is 78.2 Å². The lowest BCUT2D eigenvalue weighted by atomic mass is 10.1. The van der Waals surface area contributed by atoms with E-state index >= 15 is 0 Å². The van der Waals surface area contributed by atoms with Crippen molar-refractivity contribution in [1.29, 1.82) is 0 Å². The first kappa shape index (κ1) is 37.3. The predicted octanol–water partition coefficient (Wildman–Crippen LogP) is 7.08. The van der Waals surface area contributed by atoms with Gasteiger partial charge < -0.3 is 19.5 Å². The van der Waals surface area contributed by atoms with Crippen molar-refractivity contribution in [2.45, 2.75) is 58.6 Å². The molecule has 9 nitrogen and oxygen atoms in total. The molecule has 0 bridgehead atoms. The van der Waals surface area contributed by atoms with E-state index in [4.69, 9.17) is 25.8 Å². The van der Waals surface area contributed by atoms with E-state index < -0.39 is 12.1 Å². The molecule has 0 radical (unpaired) electrons. The molecule has 4 aromatic rings. The number of hydrogen-bond donors (Lipinski definition) is 1. The van der Waals surface area contributed by atoms with Gasteiger partial charge in [0, 0.05) is 40.5 Å². The Morgan fingerprint density at radius 2 is 1.76 bits per heavy atom. The molecule has 1 atom stereocenters. The molecule has 1 N–H and O–H groups in total. The second-order valence-corrected chi connectivity index (χ2v) is 14.1. The van der Waals surface area contributed by atoms with Crippen molar-refractivity contribution in [1.82, 2.24) is 14.8 Å². The standard InChI is InChI=1S/C39H46ClN3O6S/c1-27(25-50-26-37(44)41-17-8-20-48-33-10-7-9-29(21-33)24-42-18-5-4-6-19-42)49-38(45)23-34-28(2)43(36-16-15-32(47-3)22-35(34)36)39(46)30-11-13-31(40)14-12-30/h7,9-16,21-22,27H,4-6,8,17-20,23-26H2,1-3H3,(H,41,44). The summed E-state index contributed by atoms with van der Waals surface area (Å²) < 4.78 is 18.7. The number of fused-ring (bicyclic) bond motifs is 1. The maximum atomic E-state index is 13.6. The summed E-state index contributed by atoms with van der Waals surface area (Å²) in [6, 6.07) is 20.4. The van der Waals surface area contributed by atoms with Crippen LogP contribution in [0, 0.1) is 6.92 Å². The Morgan fingerprint density at radius 1 is 0.980 bits per heavy atom. The average Bonchev–Trinajstić information content (AvgIpc) is 3.38. The monoisotopic (exact) mass is 719 g/mol. The lowest BCUT2D eigenvalue weighted by molar-refractivity contribution is -0.146. The molecule has 0 aliphatic carbocycles. The van der Waals surface area contributed by atoms with Crippen LogP contribution in [0.2, 0.25) is 5.02 Å². The third kappa shape index (κ3) is 10.3. The summed E-state index contributed by atoms with van der Waals surface area (Å²) in [6.45, 7) is 7.95. The van der Waals surface area contributed by atoms with E-state index in [9.17, 15) is 14.4 Å². The van der Waals surface area contributed by atoms with Crippen molar-refractivity contribution in [3.8, 4) is 11.5 Å². The molecule has 2 heterocycles. The minimum atomic E-state index is -0.413. The average molecular weight is 720 g/mol. The van der Waals surface area contributed by atoms with E-state index in [-0.39, 0.29) is 24.0 Å². The van der Waals surface area contributed by atoms with Gasteiger partial charge in [-0.05, 0) is 112 Å². The number of amides is 1. The fraction of sp³-hybridized carbons (Fsp3) is 0.410. The van der Waals surface area contributed by atoms with Gasteiger partial charge in [0.15, 0.2) is 0 Å². The van der Waals surface area contributed by atoms with Gasteiger partial charge in [-0.3, -0.25) is 23.9 Å². The normalized spacial score (nSPS) is 13.9. The highest BCUT2D eigenvalue weighted by atomic mass is 35.5. The summed E-state index contributed by atoms with van der Waals surface area (Å²) in [5.74, 6) is 1.51. The van der Waals surface area contributed by atoms with Crippen LogP contribution in [0.5, 0.6) is 11.5 Å². The summed E-state index contributed by atoms with van der Waals surface area (Å²) >= 11 is 7.45. The minimum Gasteiger partial charge on any atom is -0.497 e. The number of methoxy groups -OCH3 is 1. The van der Waals surface area contributed by atoms with Gasteiger partial charge in [0.1, 0.15) is 17.6 Å². The molecule has 3 aromatic carbocycles. The highest BCUT2D eigenvalue weighted by Gasteiger charge is 2.23. The van der Waals surface area contributed by atoms with Gasteiger partial charge in [0.2, 0.25) is 5.91 Å². The van der Waals surface area contributed by atoms with Crippen LogP contribution >= 0.6 is 23.4 Å². The van der Waals surface area contributed by atoms with E-state index in [0.717, 1.165) is 30.8 Å². The number of ether oxygens (including phenoxy) is 3. The van der Waals surface area contributed by atoms with Crippen LogP contribution in [0.3, 0.4) is 0 Å². The Labute approximate surface area is 303 Å². The molecule has 1 amide bonds. The molecule has 1 unspecified atom stereocenters. The first-order chi connectivity index (χ1) is 24.2. The van der Waals surface area contributed by atoms with Crippen LogP contribution in [0.25, 0.3) is 10.9 Å². The molecule has 1 saturated heterocycles. The second-order valence-electron chi connectivity index (χ2n) is 12.6. The van der Waals surface area contributed by atoms with E-state index in [0.29, 0.717) is 58.4 Å². The number of carbonyl (C=O) groups is 3. The van der Waals surface area contributed by atoms with E-state index in [2.05, 4.69) is 22.3 Å². The van der Waals surface area contributed by atoms with E-state index in [1.807, 2.05) is 38.1 Å². The van der Waals surface area contributed by atoms with Crippen LogP contribution in [0.4, 0.5) is 0 Å². The maximum absolute atomic E-state index is 13.6. The number of rotatable bonds is 16. The SMILES string of the molecule is COc1ccc2c(c1)c(CC(=O)OC(C)CSCC(=O)NCCCOc1cccc(CN3CCCCC3)c1)c(C)n2C(=O)c1ccc(Cl)cc1. The van der Waals surface area contributed by atoms with Gasteiger partial charge >= 0.3 is 5.97 Å². The number of nitrogens with one attached hydrogen (secondary N) is 1. The van der Waals surface area contributed by atoms with Crippen molar-refractivity contribution in [2.75, 3.05) is 44.9 Å². The molecule has 1 aliphatic rings. The first-order valence-corrected chi connectivity index (χ1v) is 18.7. The number of carbonyl (C=O) groups excluding carboxylic acids is 3. The molecule has 1 aliphatic heterocycles. The first-order valence-electron chi connectivity index (χ1n) is 17.2. The van der Waals surface area contributed by atoms with Gasteiger partial charge in [-0.1, -0.05) is 30.2 Å². The summed E-state index contributed by atoms with van der Waals surface area (Å²) in [6.07, 6.45) is 4.15. The van der Waals surface area contributed by atoms with Gasteiger partial charge in [0.05, 0.1) is 31.4 Å². The molecule has 266 valence electrons. The summed E-state index contributed by atoms with van der Waals surface area (Å²) in [4.78, 5) is 41.6. The number of nitrogens with zero attached hydrogens (tertiary/aromatic N) is 2. The Hall–Kier alpha value is -3.99. The van der Waals surface area contributed by atoms with Crippen molar-refractivity contribution in [3.63, 3.8) is 0 Å². The van der Waals surface area contributed by atoms with Gasteiger partial charge in [-0.25, -0.2) is 0 Å². The molecule has 0 saturated carbocycles. The highest BCUT2D eigenvalue weighted by molar-refractivity contribution is 7.99. The molecular formula is C39H46ClN3O6S. The van der Waals surface area contributed by atoms with Crippen LogP contribution < -0.4 is 14.8 Å². The number of halogens is 1. The number of benzene rings is 3. The number of thioether (sulfide) groups is 1. The number of piperidine rings is 1. The third-order valence-corrected chi connectivity index (χ3v) is 10.2. The Balaban J connectivity index is 1.04. The number of hydrogen-bond acceptors (Lipinski definition) is 8.